The molecule has 20 heavy (non-hydrogen) atoms. The molecule has 1 heterocycles. The van der Waals surface area contributed by atoms with E-state index in [0.717, 1.165) is 32.4 Å². The number of alkyl halides is 3. The fraction of sp³-hybridized carbons (Fsp3) is 1.00. The second kappa shape index (κ2) is 8.20. The minimum Gasteiger partial charge on any atom is -0.315 e. The van der Waals surface area contributed by atoms with Crippen LogP contribution in [0.5, 0.6) is 0 Å². The minimum absolute atomic E-state index is 0.424. The molecule has 0 aromatic carbocycles. The van der Waals surface area contributed by atoms with Crippen molar-refractivity contribution in [2.45, 2.75) is 51.4 Å². The Morgan fingerprint density at radius 2 is 1.70 bits per heavy atom. The Morgan fingerprint density at radius 1 is 1.10 bits per heavy atom. The van der Waals surface area contributed by atoms with E-state index in [0.29, 0.717) is 25.2 Å². The van der Waals surface area contributed by atoms with Crippen LogP contribution in [0, 0.1) is 0 Å². The maximum atomic E-state index is 12.4. The fourth-order valence-corrected chi connectivity index (χ4v) is 3.14. The number of rotatable bonds is 7. The van der Waals surface area contributed by atoms with Crippen LogP contribution in [0.15, 0.2) is 0 Å². The quantitative estimate of drug-likeness (QED) is 0.778. The van der Waals surface area contributed by atoms with E-state index in [1.807, 2.05) is 7.05 Å². The third kappa shape index (κ3) is 5.58. The summed E-state index contributed by atoms with van der Waals surface area (Å²) in [5.41, 5.74) is 0. The van der Waals surface area contributed by atoms with Crippen LogP contribution in [0.3, 0.4) is 0 Å². The van der Waals surface area contributed by atoms with E-state index in [1.165, 1.54) is 4.90 Å². The molecule has 0 spiro atoms. The summed E-state index contributed by atoms with van der Waals surface area (Å²) in [5, 5.41) is 3.37. The number of hydrogen-bond acceptors (Lipinski definition) is 3. The summed E-state index contributed by atoms with van der Waals surface area (Å²) in [6.45, 7) is 6.04. The van der Waals surface area contributed by atoms with Crippen LogP contribution in [0.2, 0.25) is 0 Å². The summed E-state index contributed by atoms with van der Waals surface area (Å²) >= 11 is 0. The summed E-state index contributed by atoms with van der Waals surface area (Å²) in [6.07, 6.45) is -0.819. The van der Waals surface area contributed by atoms with Crippen molar-refractivity contribution in [3.8, 4) is 0 Å². The largest absolute Gasteiger partial charge is 0.401 e. The van der Waals surface area contributed by atoms with Crippen molar-refractivity contribution in [3.05, 3.63) is 0 Å². The van der Waals surface area contributed by atoms with E-state index < -0.39 is 12.7 Å². The van der Waals surface area contributed by atoms with Gasteiger partial charge in [-0.25, -0.2) is 0 Å². The second-order valence-electron chi connectivity index (χ2n) is 5.59. The molecular formula is C14H28F3N3. The van der Waals surface area contributed by atoms with Gasteiger partial charge in [0.1, 0.15) is 0 Å². The summed E-state index contributed by atoms with van der Waals surface area (Å²) in [5.74, 6) is 0. The fourth-order valence-electron chi connectivity index (χ4n) is 3.14. The lowest BCUT2D eigenvalue weighted by Gasteiger charge is -2.42. The Balaban J connectivity index is 2.49. The highest BCUT2D eigenvalue weighted by Gasteiger charge is 2.34. The zero-order valence-electron chi connectivity index (χ0n) is 12.8. The first kappa shape index (κ1) is 17.7. The molecule has 0 aromatic rings. The summed E-state index contributed by atoms with van der Waals surface area (Å²) in [7, 11) is 1.98. The van der Waals surface area contributed by atoms with Gasteiger partial charge in [0.05, 0.1) is 6.54 Å². The Labute approximate surface area is 120 Å². The Hall–Kier alpha value is -0.330. The highest BCUT2D eigenvalue weighted by molar-refractivity contribution is 4.86. The second-order valence-corrected chi connectivity index (χ2v) is 5.59. The van der Waals surface area contributed by atoms with E-state index in [1.54, 1.807) is 0 Å². The van der Waals surface area contributed by atoms with Crippen molar-refractivity contribution < 1.29 is 13.2 Å². The maximum absolute atomic E-state index is 12.4. The van der Waals surface area contributed by atoms with Gasteiger partial charge in [0.25, 0.3) is 0 Å². The van der Waals surface area contributed by atoms with Gasteiger partial charge in [-0.15, -0.1) is 0 Å². The summed E-state index contributed by atoms with van der Waals surface area (Å²) < 4.78 is 37.1. The van der Waals surface area contributed by atoms with Crippen molar-refractivity contribution >= 4 is 0 Å². The van der Waals surface area contributed by atoms with Gasteiger partial charge in [-0.05, 0) is 19.9 Å². The molecule has 0 aromatic heterocycles. The lowest BCUT2D eigenvalue weighted by atomic mass is 9.98. The predicted molar refractivity (Wildman–Crippen MR) is 75.9 cm³/mol. The van der Waals surface area contributed by atoms with Gasteiger partial charge in [-0.1, -0.05) is 20.3 Å². The molecule has 1 aliphatic rings. The highest BCUT2D eigenvalue weighted by atomic mass is 19.4. The molecule has 1 aliphatic heterocycles. The zero-order chi connectivity index (χ0) is 15.2. The monoisotopic (exact) mass is 295 g/mol. The smallest absolute Gasteiger partial charge is 0.315 e. The Bertz CT molecular complexity index is 263. The van der Waals surface area contributed by atoms with Crippen LogP contribution in [0.4, 0.5) is 13.2 Å². The molecule has 0 saturated carbocycles. The van der Waals surface area contributed by atoms with Gasteiger partial charge in [0.15, 0.2) is 0 Å². The molecule has 120 valence electrons. The van der Waals surface area contributed by atoms with Crippen molar-refractivity contribution in [1.29, 1.82) is 0 Å². The molecule has 3 nitrogen and oxygen atoms in total. The molecule has 1 fully saturated rings. The van der Waals surface area contributed by atoms with Gasteiger partial charge in [0.2, 0.25) is 0 Å². The van der Waals surface area contributed by atoms with Crippen LogP contribution in [-0.4, -0.2) is 67.8 Å². The topological polar surface area (TPSA) is 18.5 Å². The van der Waals surface area contributed by atoms with E-state index in [4.69, 9.17) is 0 Å². The number of hydrogen-bond donors (Lipinski definition) is 1. The Kier molecular flexibility index (Phi) is 7.26. The molecule has 0 amide bonds. The van der Waals surface area contributed by atoms with Gasteiger partial charge in [0, 0.05) is 38.3 Å². The molecule has 2 atom stereocenters. The molecule has 1 rings (SSSR count). The third-order valence-electron chi connectivity index (χ3n) is 4.13. The highest BCUT2D eigenvalue weighted by Crippen LogP contribution is 2.20. The van der Waals surface area contributed by atoms with Crippen LogP contribution < -0.4 is 5.32 Å². The molecule has 0 bridgehead atoms. The number of likely N-dealkylation sites (N-methyl/N-ethyl adjacent to an activating group) is 1. The van der Waals surface area contributed by atoms with Crippen LogP contribution in [0.1, 0.15) is 33.1 Å². The maximum Gasteiger partial charge on any atom is 0.401 e. The molecule has 6 heteroatoms. The molecule has 0 radical (unpaired) electrons. The standard InChI is InChI=1S/C14H28F3N3/c1-4-6-12(18-3)13(5-2)20-9-7-19(8-10-20)11-14(15,16)17/h12-13,18H,4-11H2,1-3H3. The Morgan fingerprint density at radius 3 is 2.10 bits per heavy atom. The zero-order valence-corrected chi connectivity index (χ0v) is 12.8. The van der Waals surface area contributed by atoms with Gasteiger partial charge < -0.3 is 5.32 Å². The van der Waals surface area contributed by atoms with E-state index in [2.05, 4.69) is 24.1 Å². The predicted octanol–water partition coefficient (Wildman–Crippen LogP) is 2.33. The molecular weight excluding hydrogens is 267 g/mol. The van der Waals surface area contributed by atoms with Crippen molar-refractivity contribution in [3.63, 3.8) is 0 Å². The van der Waals surface area contributed by atoms with E-state index in [-0.39, 0.29) is 0 Å². The lowest BCUT2D eigenvalue weighted by Crippen LogP contribution is -2.56. The average Bonchev–Trinajstić information content (AvgIpc) is 2.38. The first-order valence-corrected chi connectivity index (χ1v) is 7.61. The number of halogens is 3. The van der Waals surface area contributed by atoms with E-state index >= 15 is 0 Å². The van der Waals surface area contributed by atoms with Crippen molar-refractivity contribution in [2.75, 3.05) is 39.8 Å². The molecule has 1 saturated heterocycles. The summed E-state index contributed by atoms with van der Waals surface area (Å²) in [4.78, 5) is 3.86. The number of nitrogens with zero attached hydrogens (tertiary/aromatic N) is 2. The molecule has 0 aliphatic carbocycles. The van der Waals surface area contributed by atoms with Crippen molar-refractivity contribution in [1.82, 2.24) is 15.1 Å². The molecule has 2 unspecified atom stereocenters. The van der Waals surface area contributed by atoms with Crippen LogP contribution in [-0.2, 0) is 0 Å². The minimum atomic E-state index is -4.08. The molecule has 1 N–H and O–H groups in total. The van der Waals surface area contributed by atoms with Crippen molar-refractivity contribution in [2.24, 2.45) is 0 Å². The van der Waals surface area contributed by atoms with Gasteiger partial charge in [-0.2, -0.15) is 13.2 Å². The number of piperazine rings is 1. The van der Waals surface area contributed by atoms with Gasteiger partial charge in [-0.3, -0.25) is 9.80 Å². The number of nitrogens with one attached hydrogen (secondary N) is 1. The van der Waals surface area contributed by atoms with E-state index in [9.17, 15) is 13.2 Å². The normalized spacial score (nSPS) is 21.9. The van der Waals surface area contributed by atoms with Gasteiger partial charge >= 0.3 is 6.18 Å². The first-order valence-electron chi connectivity index (χ1n) is 7.61. The SMILES string of the molecule is CCCC(NC)C(CC)N1CCN(CC(F)(F)F)CC1. The average molecular weight is 295 g/mol. The third-order valence-corrected chi connectivity index (χ3v) is 4.13. The summed E-state index contributed by atoms with van der Waals surface area (Å²) in [6, 6.07) is 0.854. The van der Waals surface area contributed by atoms with Crippen LogP contribution in [0.25, 0.3) is 0 Å². The first-order chi connectivity index (χ1) is 9.41. The van der Waals surface area contributed by atoms with Crippen LogP contribution >= 0.6 is 0 Å². The lowest BCUT2D eigenvalue weighted by molar-refractivity contribution is -0.150.